The second-order valence-corrected chi connectivity index (χ2v) is 3.99. The van der Waals surface area contributed by atoms with Gasteiger partial charge in [-0.25, -0.2) is 0 Å². The van der Waals surface area contributed by atoms with Crippen LogP contribution >= 0.6 is 11.6 Å². The topological polar surface area (TPSA) is 54.3 Å². The molecule has 0 saturated carbocycles. The summed E-state index contributed by atoms with van der Waals surface area (Å²) < 4.78 is 5.13. The SMILES string of the molecule is O=C(NCc1ccc(Cl)o1)C1CCNC1. The molecule has 2 N–H and O–H groups in total. The minimum absolute atomic E-state index is 0.0764. The number of halogens is 1. The average Bonchev–Trinajstić information content (AvgIpc) is 2.84. The summed E-state index contributed by atoms with van der Waals surface area (Å²) in [7, 11) is 0. The molecule has 0 aromatic carbocycles. The van der Waals surface area contributed by atoms with Crippen LogP contribution in [-0.2, 0) is 11.3 Å². The molecular formula is C10H13ClN2O2. The third kappa shape index (κ3) is 2.73. The van der Waals surface area contributed by atoms with Gasteiger partial charge in [-0.3, -0.25) is 4.79 Å². The van der Waals surface area contributed by atoms with Gasteiger partial charge in [-0.05, 0) is 36.7 Å². The highest BCUT2D eigenvalue weighted by Crippen LogP contribution is 2.13. The molecule has 5 heteroatoms. The van der Waals surface area contributed by atoms with E-state index in [0.717, 1.165) is 19.5 Å². The highest BCUT2D eigenvalue weighted by atomic mass is 35.5. The maximum absolute atomic E-state index is 11.6. The van der Waals surface area contributed by atoms with Gasteiger partial charge in [0.05, 0.1) is 12.5 Å². The third-order valence-electron chi connectivity index (χ3n) is 2.50. The van der Waals surface area contributed by atoms with Crippen LogP contribution < -0.4 is 10.6 Å². The van der Waals surface area contributed by atoms with Gasteiger partial charge in [0.1, 0.15) is 5.76 Å². The predicted octanol–water partition coefficient (Wildman–Crippen LogP) is 1.16. The Morgan fingerprint density at radius 2 is 2.53 bits per heavy atom. The molecule has 15 heavy (non-hydrogen) atoms. The number of carbonyl (C=O) groups is 1. The first-order valence-corrected chi connectivity index (χ1v) is 5.36. The summed E-state index contributed by atoms with van der Waals surface area (Å²) in [5, 5.41) is 6.32. The fourth-order valence-electron chi connectivity index (χ4n) is 1.64. The summed E-state index contributed by atoms with van der Waals surface area (Å²) in [5.41, 5.74) is 0. The highest BCUT2D eigenvalue weighted by Gasteiger charge is 2.21. The van der Waals surface area contributed by atoms with Gasteiger partial charge in [-0.1, -0.05) is 0 Å². The van der Waals surface area contributed by atoms with E-state index in [1.54, 1.807) is 12.1 Å². The Morgan fingerprint density at radius 1 is 1.67 bits per heavy atom. The lowest BCUT2D eigenvalue weighted by molar-refractivity contribution is -0.124. The molecule has 1 amide bonds. The fourth-order valence-corrected chi connectivity index (χ4v) is 1.81. The van der Waals surface area contributed by atoms with Crippen molar-refractivity contribution in [2.45, 2.75) is 13.0 Å². The van der Waals surface area contributed by atoms with E-state index >= 15 is 0 Å². The van der Waals surface area contributed by atoms with Crippen molar-refractivity contribution in [1.29, 1.82) is 0 Å². The van der Waals surface area contributed by atoms with E-state index in [0.29, 0.717) is 17.5 Å². The summed E-state index contributed by atoms with van der Waals surface area (Å²) in [6, 6.07) is 3.43. The molecule has 0 radical (unpaired) electrons. The molecule has 0 spiro atoms. The zero-order valence-electron chi connectivity index (χ0n) is 8.25. The standard InChI is InChI=1S/C10H13ClN2O2/c11-9-2-1-8(15-9)6-13-10(14)7-3-4-12-5-7/h1-2,7,12H,3-6H2,(H,13,14). The molecule has 1 saturated heterocycles. The molecule has 1 aliphatic heterocycles. The van der Waals surface area contributed by atoms with E-state index < -0.39 is 0 Å². The van der Waals surface area contributed by atoms with E-state index in [1.165, 1.54) is 0 Å². The monoisotopic (exact) mass is 228 g/mol. The van der Waals surface area contributed by atoms with E-state index in [4.69, 9.17) is 16.0 Å². The molecule has 1 aliphatic rings. The summed E-state index contributed by atoms with van der Waals surface area (Å²) >= 11 is 5.61. The van der Waals surface area contributed by atoms with Crippen LogP contribution in [0.4, 0.5) is 0 Å². The van der Waals surface area contributed by atoms with Crippen molar-refractivity contribution in [3.8, 4) is 0 Å². The first kappa shape index (κ1) is 10.5. The summed E-state index contributed by atoms with van der Waals surface area (Å²) in [6.45, 7) is 2.09. The molecule has 0 bridgehead atoms. The van der Waals surface area contributed by atoms with Gasteiger partial charge < -0.3 is 15.1 Å². The Kier molecular flexibility index (Phi) is 3.28. The molecule has 82 valence electrons. The fraction of sp³-hybridized carbons (Fsp3) is 0.500. The molecular weight excluding hydrogens is 216 g/mol. The van der Waals surface area contributed by atoms with Gasteiger partial charge in [-0.15, -0.1) is 0 Å². The second kappa shape index (κ2) is 4.68. The van der Waals surface area contributed by atoms with E-state index in [9.17, 15) is 4.79 Å². The van der Waals surface area contributed by atoms with Crippen molar-refractivity contribution in [2.24, 2.45) is 5.92 Å². The quantitative estimate of drug-likeness (QED) is 0.816. The maximum atomic E-state index is 11.6. The lowest BCUT2D eigenvalue weighted by atomic mass is 10.1. The van der Waals surface area contributed by atoms with Crippen molar-refractivity contribution >= 4 is 17.5 Å². The van der Waals surface area contributed by atoms with Crippen LogP contribution in [0.15, 0.2) is 16.5 Å². The Hall–Kier alpha value is -1.00. The summed E-state index contributed by atoms with van der Waals surface area (Å²) in [6.07, 6.45) is 0.907. The summed E-state index contributed by atoms with van der Waals surface area (Å²) in [5.74, 6) is 0.849. The normalized spacial score (nSPS) is 20.5. The van der Waals surface area contributed by atoms with E-state index in [-0.39, 0.29) is 11.8 Å². The Bertz CT molecular complexity index is 345. The van der Waals surface area contributed by atoms with Crippen LogP contribution in [0, 0.1) is 5.92 Å². The van der Waals surface area contributed by atoms with Crippen LogP contribution in [0.5, 0.6) is 0 Å². The van der Waals surface area contributed by atoms with Crippen LogP contribution in [0.1, 0.15) is 12.2 Å². The minimum Gasteiger partial charge on any atom is -0.448 e. The van der Waals surface area contributed by atoms with E-state index in [1.807, 2.05) is 0 Å². The number of carbonyl (C=O) groups excluding carboxylic acids is 1. The molecule has 1 atom stereocenters. The van der Waals surface area contributed by atoms with Gasteiger partial charge in [0.15, 0.2) is 5.22 Å². The summed E-state index contributed by atoms with van der Waals surface area (Å²) in [4.78, 5) is 11.6. The largest absolute Gasteiger partial charge is 0.448 e. The molecule has 0 aliphatic carbocycles. The maximum Gasteiger partial charge on any atom is 0.224 e. The third-order valence-corrected chi connectivity index (χ3v) is 2.70. The Balaban J connectivity index is 1.80. The molecule has 4 nitrogen and oxygen atoms in total. The van der Waals surface area contributed by atoms with Crippen LogP contribution in [0.2, 0.25) is 5.22 Å². The molecule has 1 aromatic heterocycles. The van der Waals surface area contributed by atoms with Gasteiger partial charge in [0.25, 0.3) is 0 Å². The molecule has 1 fully saturated rings. The number of furan rings is 1. The number of hydrogen-bond acceptors (Lipinski definition) is 3. The first-order chi connectivity index (χ1) is 7.25. The van der Waals surface area contributed by atoms with Crippen LogP contribution in [-0.4, -0.2) is 19.0 Å². The van der Waals surface area contributed by atoms with Crippen LogP contribution in [0.3, 0.4) is 0 Å². The van der Waals surface area contributed by atoms with Crippen molar-refractivity contribution in [3.63, 3.8) is 0 Å². The van der Waals surface area contributed by atoms with E-state index in [2.05, 4.69) is 10.6 Å². The predicted molar refractivity (Wildman–Crippen MR) is 56.5 cm³/mol. The van der Waals surface area contributed by atoms with Crippen molar-refractivity contribution in [1.82, 2.24) is 10.6 Å². The number of amides is 1. The van der Waals surface area contributed by atoms with Gasteiger partial charge in [0, 0.05) is 6.54 Å². The number of nitrogens with one attached hydrogen (secondary N) is 2. The smallest absolute Gasteiger partial charge is 0.224 e. The van der Waals surface area contributed by atoms with Gasteiger partial charge in [0.2, 0.25) is 5.91 Å². The van der Waals surface area contributed by atoms with Crippen molar-refractivity contribution in [3.05, 3.63) is 23.1 Å². The Morgan fingerprint density at radius 3 is 3.13 bits per heavy atom. The molecule has 1 unspecified atom stereocenters. The lowest BCUT2D eigenvalue weighted by Gasteiger charge is -2.07. The number of rotatable bonds is 3. The molecule has 2 rings (SSSR count). The zero-order valence-corrected chi connectivity index (χ0v) is 9.01. The van der Waals surface area contributed by atoms with Crippen LogP contribution in [0.25, 0.3) is 0 Å². The average molecular weight is 229 g/mol. The molecule has 2 heterocycles. The highest BCUT2D eigenvalue weighted by molar-refractivity contribution is 6.28. The second-order valence-electron chi connectivity index (χ2n) is 3.61. The Labute approximate surface area is 93.0 Å². The lowest BCUT2D eigenvalue weighted by Crippen LogP contribution is -2.31. The molecule has 1 aromatic rings. The first-order valence-electron chi connectivity index (χ1n) is 4.98. The van der Waals surface area contributed by atoms with Crippen molar-refractivity contribution in [2.75, 3.05) is 13.1 Å². The number of hydrogen-bond donors (Lipinski definition) is 2. The minimum atomic E-state index is 0.0764. The van der Waals surface area contributed by atoms with Crippen molar-refractivity contribution < 1.29 is 9.21 Å². The van der Waals surface area contributed by atoms with Gasteiger partial charge in [-0.2, -0.15) is 0 Å². The van der Waals surface area contributed by atoms with Gasteiger partial charge >= 0.3 is 0 Å². The zero-order chi connectivity index (χ0) is 10.7.